The highest BCUT2D eigenvalue weighted by atomic mass is 19.1. The average molecular weight is 495 g/mol. The van der Waals surface area contributed by atoms with E-state index in [1.165, 1.54) is 12.1 Å². The molecule has 0 saturated heterocycles. The van der Waals surface area contributed by atoms with E-state index in [1.807, 2.05) is 31.9 Å². The van der Waals surface area contributed by atoms with Crippen LogP contribution in [0.4, 0.5) is 10.3 Å². The summed E-state index contributed by atoms with van der Waals surface area (Å²) in [5.41, 5.74) is 2.85. The van der Waals surface area contributed by atoms with Gasteiger partial charge in [-0.1, -0.05) is 45.9 Å². The summed E-state index contributed by atoms with van der Waals surface area (Å²) in [4.78, 5) is 27.2. The van der Waals surface area contributed by atoms with Gasteiger partial charge < -0.3 is 10.2 Å². The molecule has 1 aliphatic rings. The molecule has 1 unspecified atom stereocenters. The minimum absolute atomic E-state index is 0.00970. The fraction of sp³-hybridized carbons (Fsp3) is 0.429. The molecule has 1 aromatic carbocycles. The molecule has 2 aromatic rings. The summed E-state index contributed by atoms with van der Waals surface area (Å²) in [6.45, 7) is 8.66. The van der Waals surface area contributed by atoms with Crippen molar-refractivity contribution in [3.63, 3.8) is 0 Å². The first-order chi connectivity index (χ1) is 17.0. The number of carbonyl (C=O) groups is 1. The molecule has 0 saturated carbocycles. The van der Waals surface area contributed by atoms with Gasteiger partial charge in [0.2, 0.25) is 5.95 Å². The summed E-state index contributed by atoms with van der Waals surface area (Å²) >= 11 is 0. The van der Waals surface area contributed by atoms with Gasteiger partial charge in [0.1, 0.15) is 11.7 Å². The van der Waals surface area contributed by atoms with Crippen LogP contribution in [0.15, 0.2) is 47.5 Å². The number of nitrogens with zero attached hydrogens (tertiary/aromatic N) is 4. The van der Waals surface area contributed by atoms with Crippen molar-refractivity contribution in [1.82, 2.24) is 9.97 Å². The largest absolute Gasteiger partial charge is 0.481 e. The van der Waals surface area contributed by atoms with Crippen LogP contribution in [-0.4, -0.2) is 51.7 Å². The minimum Gasteiger partial charge on any atom is -0.481 e. The number of aliphatic hydroxyl groups is 1. The van der Waals surface area contributed by atoms with E-state index >= 15 is 0 Å². The van der Waals surface area contributed by atoms with Gasteiger partial charge in [0, 0.05) is 31.1 Å². The van der Waals surface area contributed by atoms with Gasteiger partial charge in [0.25, 0.3) is 0 Å². The number of aromatic nitrogens is 2. The lowest BCUT2D eigenvalue weighted by molar-refractivity contribution is -0.138. The van der Waals surface area contributed by atoms with Crippen molar-refractivity contribution in [1.29, 1.82) is 0 Å². The molecule has 36 heavy (non-hydrogen) atoms. The normalized spacial score (nSPS) is 17.3. The highest BCUT2D eigenvalue weighted by Crippen LogP contribution is 2.32. The number of likely N-dealkylation sites (N-methyl/N-ethyl adjacent to an activating group) is 1. The van der Waals surface area contributed by atoms with Gasteiger partial charge in [-0.05, 0) is 54.5 Å². The summed E-state index contributed by atoms with van der Waals surface area (Å²) in [7, 11) is 1.87. The fourth-order valence-electron chi connectivity index (χ4n) is 4.06. The second-order valence-corrected chi connectivity index (χ2v) is 9.79. The van der Waals surface area contributed by atoms with Crippen LogP contribution in [0.25, 0.3) is 17.3 Å². The molecule has 3 rings (SSSR count). The SMILES string of the molecule is CC1C=CC(N(C)c2nc(-c3ccc(F)cc3)c(/C=C/[C@@H](O)C[C@H](C)CC(=O)O)c(C(C)C)n2)=NC1. The number of aliphatic hydroxyl groups excluding tert-OH is 1. The van der Waals surface area contributed by atoms with Crippen molar-refractivity contribution < 1.29 is 19.4 Å². The monoisotopic (exact) mass is 494 g/mol. The molecule has 1 aromatic heterocycles. The first-order valence-corrected chi connectivity index (χ1v) is 12.3. The molecule has 2 heterocycles. The lowest BCUT2D eigenvalue weighted by Gasteiger charge is -2.23. The van der Waals surface area contributed by atoms with Gasteiger partial charge >= 0.3 is 5.97 Å². The lowest BCUT2D eigenvalue weighted by atomic mass is 9.96. The molecule has 7 nitrogen and oxygen atoms in total. The third kappa shape index (κ3) is 7.07. The molecular formula is C28H35FN4O3. The standard InChI is InChI=1S/C28H35FN4O3/c1-17(2)26-23(12-11-22(34)14-19(4)15-25(35)36)27(20-7-9-21(29)10-8-20)32-28(31-26)33(5)24-13-6-18(3)16-30-24/h6-13,17-19,22,34H,14-16H2,1-5H3,(H,35,36)/b12-11+/t18?,19-,22+/m0/s1. The Hall–Kier alpha value is -3.39. The van der Waals surface area contributed by atoms with Crippen LogP contribution in [0.5, 0.6) is 0 Å². The van der Waals surface area contributed by atoms with Crippen LogP contribution in [0, 0.1) is 17.7 Å². The molecule has 0 aliphatic carbocycles. The maximum absolute atomic E-state index is 13.7. The van der Waals surface area contributed by atoms with Crippen molar-refractivity contribution in [2.24, 2.45) is 16.8 Å². The first-order valence-electron chi connectivity index (χ1n) is 12.3. The topological polar surface area (TPSA) is 98.9 Å². The Morgan fingerprint density at radius 1 is 1.22 bits per heavy atom. The number of aliphatic carboxylic acids is 1. The average Bonchev–Trinajstić information content (AvgIpc) is 2.82. The molecule has 8 heteroatoms. The van der Waals surface area contributed by atoms with Gasteiger partial charge in [-0.3, -0.25) is 14.7 Å². The number of hydrogen-bond donors (Lipinski definition) is 2. The Kier molecular flexibility index (Phi) is 9.09. The Morgan fingerprint density at radius 3 is 2.50 bits per heavy atom. The van der Waals surface area contributed by atoms with E-state index in [0.29, 0.717) is 30.5 Å². The summed E-state index contributed by atoms with van der Waals surface area (Å²) in [6, 6.07) is 6.13. The van der Waals surface area contributed by atoms with Gasteiger partial charge in [-0.25, -0.2) is 14.4 Å². The maximum Gasteiger partial charge on any atom is 0.303 e. The van der Waals surface area contributed by atoms with Crippen LogP contribution in [0.2, 0.25) is 0 Å². The smallest absolute Gasteiger partial charge is 0.303 e. The van der Waals surface area contributed by atoms with Gasteiger partial charge in [-0.2, -0.15) is 0 Å². The Morgan fingerprint density at radius 2 is 1.92 bits per heavy atom. The third-order valence-corrected chi connectivity index (χ3v) is 6.04. The number of amidine groups is 1. The summed E-state index contributed by atoms with van der Waals surface area (Å²) < 4.78 is 13.7. The van der Waals surface area contributed by atoms with Gasteiger partial charge in [0.05, 0.1) is 17.5 Å². The molecule has 3 atom stereocenters. The summed E-state index contributed by atoms with van der Waals surface area (Å²) in [5, 5.41) is 19.6. The highest BCUT2D eigenvalue weighted by molar-refractivity contribution is 6.04. The Labute approximate surface area is 212 Å². The number of carboxylic acids is 1. The van der Waals surface area contributed by atoms with Crippen molar-refractivity contribution in [2.75, 3.05) is 18.5 Å². The van der Waals surface area contributed by atoms with Crippen LogP contribution in [0.3, 0.4) is 0 Å². The number of anilines is 1. The Bertz CT molecular complexity index is 1160. The minimum atomic E-state index is -0.889. The number of rotatable bonds is 9. The van der Waals surface area contributed by atoms with Crippen LogP contribution >= 0.6 is 0 Å². The van der Waals surface area contributed by atoms with Gasteiger partial charge in [0.15, 0.2) is 0 Å². The zero-order valence-corrected chi connectivity index (χ0v) is 21.5. The summed E-state index contributed by atoms with van der Waals surface area (Å²) in [6.07, 6.45) is 6.98. The molecule has 2 N–H and O–H groups in total. The molecule has 0 spiro atoms. The third-order valence-electron chi connectivity index (χ3n) is 6.04. The number of carboxylic acid groups (broad SMARTS) is 1. The predicted molar refractivity (Wildman–Crippen MR) is 142 cm³/mol. The van der Waals surface area contributed by atoms with Gasteiger partial charge in [-0.15, -0.1) is 0 Å². The summed E-state index contributed by atoms with van der Waals surface area (Å²) in [5.74, 6) is 0.238. The van der Waals surface area contributed by atoms with E-state index in [-0.39, 0.29) is 24.1 Å². The lowest BCUT2D eigenvalue weighted by Crippen LogP contribution is -2.29. The van der Waals surface area contributed by atoms with E-state index in [4.69, 9.17) is 15.1 Å². The predicted octanol–water partition coefficient (Wildman–Crippen LogP) is 5.32. The highest BCUT2D eigenvalue weighted by Gasteiger charge is 2.21. The van der Waals surface area contributed by atoms with E-state index in [9.17, 15) is 14.3 Å². The van der Waals surface area contributed by atoms with E-state index in [2.05, 4.69) is 18.0 Å². The molecule has 0 bridgehead atoms. The molecule has 1 aliphatic heterocycles. The number of dihydropyridines is 1. The molecule has 0 amide bonds. The van der Waals surface area contributed by atoms with E-state index in [1.54, 1.807) is 31.2 Å². The maximum atomic E-state index is 13.7. The molecule has 0 fully saturated rings. The van der Waals surface area contributed by atoms with Crippen molar-refractivity contribution >= 4 is 23.8 Å². The zero-order chi connectivity index (χ0) is 26.4. The first kappa shape index (κ1) is 27.2. The van der Waals surface area contributed by atoms with E-state index in [0.717, 1.165) is 22.7 Å². The quantitative estimate of drug-likeness (QED) is 0.489. The second-order valence-electron chi connectivity index (χ2n) is 9.79. The Balaban J connectivity index is 2.06. The van der Waals surface area contributed by atoms with Crippen molar-refractivity contribution in [3.8, 4) is 11.3 Å². The zero-order valence-electron chi connectivity index (χ0n) is 21.5. The van der Waals surface area contributed by atoms with Crippen molar-refractivity contribution in [2.45, 2.75) is 52.6 Å². The number of halogens is 1. The molecular weight excluding hydrogens is 459 g/mol. The number of benzene rings is 1. The van der Waals surface area contributed by atoms with Crippen LogP contribution < -0.4 is 4.90 Å². The molecule has 0 radical (unpaired) electrons. The van der Waals surface area contributed by atoms with Crippen molar-refractivity contribution in [3.05, 3.63) is 59.6 Å². The number of hydrogen-bond acceptors (Lipinski definition) is 6. The molecule has 192 valence electrons. The van der Waals surface area contributed by atoms with E-state index < -0.39 is 12.1 Å². The van der Waals surface area contributed by atoms with Crippen LogP contribution in [-0.2, 0) is 4.79 Å². The fourth-order valence-corrected chi connectivity index (χ4v) is 4.06. The van der Waals surface area contributed by atoms with Crippen LogP contribution in [0.1, 0.15) is 57.7 Å². The second kappa shape index (κ2) is 12.0. The number of aliphatic imine (C=N–C) groups is 1.